The Morgan fingerprint density at radius 3 is 2.04 bits per heavy atom. The Kier molecular flexibility index (Phi) is 4.41. The van der Waals surface area contributed by atoms with Gasteiger partial charge in [-0.15, -0.1) is 11.3 Å². The molecule has 23 heavy (non-hydrogen) atoms. The molecule has 0 fully saturated rings. The molecule has 3 aromatic rings. The van der Waals surface area contributed by atoms with Gasteiger partial charge in [0.1, 0.15) is 6.07 Å². The van der Waals surface area contributed by atoms with Crippen molar-refractivity contribution in [3.8, 4) is 27.8 Å². The number of hydrogen-bond donors (Lipinski definition) is 0. The van der Waals surface area contributed by atoms with Crippen LogP contribution < -0.4 is 0 Å². The largest absolute Gasteiger partial charge is 0.225 e. The van der Waals surface area contributed by atoms with Crippen molar-refractivity contribution in [3.63, 3.8) is 0 Å². The highest BCUT2D eigenvalue weighted by molar-refractivity contribution is 7.16. The maximum atomic E-state index is 9.25. The molecule has 0 N–H and O–H groups in total. The lowest BCUT2D eigenvalue weighted by molar-refractivity contribution is 1.33. The van der Waals surface area contributed by atoms with Crippen LogP contribution in [0.2, 0.25) is 10.0 Å². The lowest BCUT2D eigenvalue weighted by Crippen LogP contribution is -1.88. The summed E-state index contributed by atoms with van der Waals surface area (Å²) in [5, 5.41) is 11.1. The second-order valence-corrected chi connectivity index (χ2v) is 7.10. The summed E-state index contributed by atoms with van der Waals surface area (Å²) in [5.41, 5.74) is 4.92. The van der Waals surface area contributed by atoms with E-state index >= 15 is 0 Å². The van der Waals surface area contributed by atoms with Gasteiger partial charge in [0.2, 0.25) is 0 Å². The van der Waals surface area contributed by atoms with Crippen molar-refractivity contribution in [2.24, 2.45) is 0 Å². The van der Waals surface area contributed by atoms with Crippen molar-refractivity contribution in [1.29, 1.82) is 5.26 Å². The van der Waals surface area contributed by atoms with Crippen LogP contribution in [0.3, 0.4) is 0 Å². The van der Waals surface area contributed by atoms with E-state index in [1.807, 2.05) is 50.2 Å². The van der Waals surface area contributed by atoms with Crippen LogP contribution in [-0.2, 0) is 0 Å². The molecule has 0 aliphatic carbocycles. The van der Waals surface area contributed by atoms with E-state index in [0.717, 1.165) is 32.8 Å². The molecule has 0 radical (unpaired) electrons. The fourth-order valence-electron chi connectivity index (χ4n) is 2.51. The van der Waals surface area contributed by atoms with E-state index in [1.165, 1.54) is 11.3 Å². The third kappa shape index (κ3) is 3.11. The summed E-state index contributed by atoms with van der Waals surface area (Å²) in [5.74, 6) is 0. The van der Waals surface area contributed by atoms with Crippen LogP contribution in [0.15, 0.2) is 36.4 Å². The lowest BCUT2D eigenvalue weighted by atomic mass is 10.0. The number of halogens is 2. The second-order valence-electron chi connectivity index (χ2n) is 5.23. The van der Waals surface area contributed by atoms with E-state index in [1.54, 1.807) is 0 Å². The Morgan fingerprint density at radius 1 is 0.957 bits per heavy atom. The number of rotatable bonds is 2. The van der Waals surface area contributed by atoms with Crippen molar-refractivity contribution >= 4 is 34.5 Å². The molecular weight excluding hydrogens is 347 g/mol. The monoisotopic (exact) mass is 358 g/mol. The highest BCUT2D eigenvalue weighted by atomic mass is 35.5. The Hall–Kier alpha value is -1.86. The number of nitriles is 1. The van der Waals surface area contributed by atoms with Crippen LogP contribution in [-0.4, -0.2) is 4.98 Å². The number of thiazole rings is 1. The first kappa shape index (κ1) is 16.0. The summed E-state index contributed by atoms with van der Waals surface area (Å²) in [7, 11) is 0. The van der Waals surface area contributed by atoms with Crippen LogP contribution in [0.4, 0.5) is 0 Å². The average molecular weight is 359 g/mol. The molecular formula is C18H12Cl2N2S. The fraction of sp³-hybridized carbons (Fsp3) is 0.111. The zero-order chi connectivity index (χ0) is 16.6. The van der Waals surface area contributed by atoms with E-state index in [0.29, 0.717) is 15.1 Å². The summed E-state index contributed by atoms with van der Waals surface area (Å²) >= 11 is 13.5. The number of nitrogens with zero attached hydrogens (tertiary/aromatic N) is 2. The number of benzene rings is 2. The van der Waals surface area contributed by atoms with Crippen molar-refractivity contribution in [3.05, 3.63) is 62.6 Å². The average Bonchev–Trinajstić information content (AvgIpc) is 2.91. The first-order valence-electron chi connectivity index (χ1n) is 6.93. The summed E-state index contributed by atoms with van der Waals surface area (Å²) < 4.78 is 0. The SMILES string of the molecule is Cc1cc(Cl)ccc1-c1nc(C#N)sc1-c1ccc(Cl)cc1C. The van der Waals surface area contributed by atoms with E-state index in [-0.39, 0.29) is 0 Å². The Bertz CT molecular complexity index is 870. The summed E-state index contributed by atoms with van der Waals surface area (Å²) in [6.45, 7) is 4.00. The van der Waals surface area contributed by atoms with Crippen LogP contribution >= 0.6 is 34.5 Å². The Labute approximate surface area is 148 Å². The van der Waals surface area contributed by atoms with Gasteiger partial charge in [-0.25, -0.2) is 4.98 Å². The standard InChI is InChI=1S/C18H12Cl2N2S/c1-10-7-12(19)3-5-14(10)17-18(23-16(9-21)22-17)15-6-4-13(20)8-11(15)2/h3-8H,1-2H3. The summed E-state index contributed by atoms with van der Waals surface area (Å²) in [4.78, 5) is 5.48. The molecule has 5 heteroatoms. The van der Waals surface area contributed by atoms with Crippen LogP contribution in [0.25, 0.3) is 21.7 Å². The Morgan fingerprint density at radius 2 is 1.52 bits per heavy atom. The van der Waals surface area contributed by atoms with Gasteiger partial charge in [0.15, 0.2) is 5.01 Å². The molecule has 2 aromatic carbocycles. The summed E-state index contributed by atoms with van der Waals surface area (Å²) in [6, 6.07) is 13.6. The van der Waals surface area contributed by atoms with Gasteiger partial charge in [-0.1, -0.05) is 35.3 Å². The van der Waals surface area contributed by atoms with Gasteiger partial charge < -0.3 is 0 Å². The molecule has 0 atom stereocenters. The molecule has 0 unspecified atom stereocenters. The molecule has 0 spiro atoms. The molecule has 0 saturated heterocycles. The predicted octanol–water partition coefficient (Wildman–Crippen LogP) is 6.27. The minimum absolute atomic E-state index is 0.443. The molecule has 0 amide bonds. The molecule has 114 valence electrons. The van der Waals surface area contributed by atoms with E-state index in [4.69, 9.17) is 23.2 Å². The lowest BCUT2D eigenvalue weighted by Gasteiger charge is -2.09. The van der Waals surface area contributed by atoms with E-state index < -0.39 is 0 Å². The number of aryl methyl sites for hydroxylation is 2. The van der Waals surface area contributed by atoms with Gasteiger partial charge in [-0.2, -0.15) is 5.26 Å². The maximum absolute atomic E-state index is 9.25. The number of aromatic nitrogens is 1. The molecule has 0 saturated carbocycles. The molecule has 0 aliphatic heterocycles. The zero-order valence-corrected chi connectivity index (χ0v) is 14.9. The minimum Gasteiger partial charge on any atom is -0.225 e. The smallest absolute Gasteiger partial charge is 0.195 e. The Balaban J connectivity index is 2.26. The van der Waals surface area contributed by atoms with E-state index in [2.05, 4.69) is 11.1 Å². The van der Waals surface area contributed by atoms with Crippen molar-refractivity contribution in [2.75, 3.05) is 0 Å². The topological polar surface area (TPSA) is 36.7 Å². The third-order valence-corrected chi connectivity index (χ3v) is 5.06. The second kappa shape index (κ2) is 6.33. The highest BCUT2D eigenvalue weighted by Gasteiger charge is 2.18. The van der Waals surface area contributed by atoms with Gasteiger partial charge in [-0.3, -0.25) is 0 Å². The van der Waals surface area contributed by atoms with Crippen molar-refractivity contribution in [1.82, 2.24) is 4.98 Å². The first-order valence-corrected chi connectivity index (χ1v) is 8.51. The maximum Gasteiger partial charge on any atom is 0.195 e. The first-order chi connectivity index (χ1) is 11.0. The predicted molar refractivity (Wildman–Crippen MR) is 97.2 cm³/mol. The molecule has 1 heterocycles. The minimum atomic E-state index is 0.443. The number of hydrogen-bond acceptors (Lipinski definition) is 3. The van der Waals surface area contributed by atoms with Crippen molar-refractivity contribution < 1.29 is 0 Å². The van der Waals surface area contributed by atoms with E-state index in [9.17, 15) is 5.26 Å². The molecule has 2 nitrogen and oxygen atoms in total. The highest BCUT2D eigenvalue weighted by Crippen LogP contribution is 2.40. The summed E-state index contributed by atoms with van der Waals surface area (Å²) in [6.07, 6.45) is 0. The van der Waals surface area contributed by atoms with Gasteiger partial charge in [0.05, 0.1) is 10.6 Å². The van der Waals surface area contributed by atoms with Gasteiger partial charge in [0.25, 0.3) is 0 Å². The van der Waals surface area contributed by atoms with Crippen LogP contribution in [0.1, 0.15) is 16.1 Å². The van der Waals surface area contributed by atoms with Gasteiger partial charge in [-0.05, 0) is 54.8 Å². The van der Waals surface area contributed by atoms with Gasteiger partial charge in [0, 0.05) is 15.6 Å². The van der Waals surface area contributed by atoms with Crippen LogP contribution in [0.5, 0.6) is 0 Å². The molecule has 3 rings (SSSR count). The fourth-order valence-corrected chi connectivity index (χ4v) is 3.93. The zero-order valence-electron chi connectivity index (χ0n) is 12.5. The van der Waals surface area contributed by atoms with Gasteiger partial charge >= 0.3 is 0 Å². The van der Waals surface area contributed by atoms with Crippen molar-refractivity contribution in [2.45, 2.75) is 13.8 Å². The molecule has 0 aliphatic rings. The molecule has 0 bridgehead atoms. The third-order valence-electron chi connectivity index (χ3n) is 3.60. The normalized spacial score (nSPS) is 10.6. The molecule has 1 aromatic heterocycles. The quantitative estimate of drug-likeness (QED) is 0.540. The van der Waals surface area contributed by atoms with Crippen LogP contribution in [0, 0.1) is 25.2 Å².